The second-order valence-corrected chi connectivity index (χ2v) is 16.5. The molecule has 3 heterocycles. The maximum absolute atomic E-state index is 14.8. The molecule has 54 heavy (non-hydrogen) atoms. The van der Waals surface area contributed by atoms with Crippen LogP contribution in [0.5, 0.6) is 0 Å². The van der Waals surface area contributed by atoms with E-state index < -0.39 is 68.7 Å². The van der Waals surface area contributed by atoms with Crippen molar-refractivity contribution in [3.05, 3.63) is 41.7 Å². The van der Waals surface area contributed by atoms with Crippen molar-refractivity contribution in [2.75, 3.05) is 26.3 Å². The average molecular weight is 769 g/mol. The van der Waals surface area contributed by atoms with Gasteiger partial charge in [-0.3, -0.25) is 24.0 Å². The number of rotatable bonds is 14. The highest BCUT2D eigenvalue weighted by Gasteiger charge is 2.49. The fourth-order valence-corrected chi connectivity index (χ4v) is 8.48. The highest BCUT2D eigenvalue weighted by Crippen LogP contribution is 2.34. The van der Waals surface area contributed by atoms with Crippen molar-refractivity contribution in [2.24, 2.45) is 11.7 Å². The van der Waals surface area contributed by atoms with Crippen molar-refractivity contribution in [3.8, 4) is 12.3 Å². The molecule has 18 heteroatoms. The van der Waals surface area contributed by atoms with Gasteiger partial charge in [-0.05, 0) is 50.5 Å². The van der Waals surface area contributed by atoms with Crippen molar-refractivity contribution in [3.63, 3.8) is 0 Å². The Labute approximate surface area is 314 Å². The number of terminal acetylenes is 1. The number of benzene rings is 1. The molecule has 1 aromatic heterocycles. The summed E-state index contributed by atoms with van der Waals surface area (Å²) in [5.41, 5.74) is 2.84. The summed E-state index contributed by atoms with van der Waals surface area (Å²) in [6.45, 7) is 3.02. The maximum atomic E-state index is 14.8. The Hall–Kier alpha value is -4.70. The minimum Gasteiger partial charge on any atom is -0.384 e. The summed E-state index contributed by atoms with van der Waals surface area (Å²) in [5, 5.41) is 24.6. The van der Waals surface area contributed by atoms with Gasteiger partial charge in [0.05, 0.1) is 29.4 Å². The standard InChI is InChI=1S/C36H48N8O9S/c1-4-16-39-54(51,52)26-12-10-24(11-13-26)32(47)40-27(19-23-8-6-5-7-9-23)34(49)43-22-25(44-29(21-38-42-44)35(2,3)50)20-28(43)33(48)41-36(30(45)31(37)46)14-17-53-18-15-36/h1,10-13,21,23,25,27-28,39,50H,5-9,14-20,22H2,2-3H3,(H2,37,46)(H,40,47)(H,41,48)/t25-,27?,28-/m0/s1. The zero-order valence-corrected chi connectivity index (χ0v) is 31.3. The molecule has 1 aliphatic carbocycles. The number of carbonyl (C=O) groups excluding carboxylic acids is 5. The minimum atomic E-state index is -3.91. The molecule has 0 spiro atoms. The number of likely N-dealkylation sites (tertiary alicyclic amines) is 1. The molecule has 3 atom stereocenters. The van der Waals surface area contributed by atoms with Gasteiger partial charge in [-0.15, -0.1) is 11.5 Å². The van der Waals surface area contributed by atoms with Gasteiger partial charge in [0.1, 0.15) is 23.2 Å². The topological polar surface area (TPSA) is 245 Å². The third-order valence-electron chi connectivity index (χ3n) is 10.5. The molecular formula is C36H48N8O9S. The Balaban J connectivity index is 1.47. The highest BCUT2D eigenvalue weighted by atomic mass is 32.2. The smallest absolute Gasteiger partial charge is 0.287 e. The molecule has 0 radical (unpaired) electrons. The number of nitrogens with two attached hydrogens (primary N) is 1. The number of ether oxygens (including phenoxy) is 1. The lowest BCUT2D eigenvalue weighted by molar-refractivity contribution is -0.147. The average Bonchev–Trinajstić information content (AvgIpc) is 3.83. The monoisotopic (exact) mass is 768 g/mol. The summed E-state index contributed by atoms with van der Waals surface area (Å²) in [7, 11) is -3.91. The number of hydrogen-bond acceptors (Lipinski definition) is 11. The zero-order chi connectivity index (χ0) is 39.3. The van der Waals surface area contributed by atoms with E-state index in [4.69, 9.17) is 16.9 Å². The van der Waals surface area contributed by atoms with Crippen LogP contribution >= 0.6 is 0 Å². The number of Topliss-reactive ketones (excluding diaryl/α,β-unsaturated/α-hetero) is 1. The molecule has 2 aromatic rings. The minimum absolute atomic E-state index is 0.00302. The Bertz CT molecular complexity index is 1870. The second-order valence-electron chi connectivity index (χ2n) is 14.7. The van der Waals surface area contributed by atoms with Gasteiger partial charge in [0.2, 0.25) is 27.6 Å². The number of nitrogens with zero attached hydrogens (tertiary/aromatic N) is 4. The molecule has 1 saturated carbocycles. The van der Waals surface area contributed by atoms with E-state index >= 15 is 0 Å². The molecule has 292 valence electrons. The fraction of sp³-hybridized carbons (Fsp3) is 0.583. The van der Waals surface area contributed by atoms with Crippen LogP contribution < -0.4 is 21.1 Å². The summed E-state index contributed by atoms with van der Waals surface area (Å²) in [4.78, 5) is 69.3. The predicted molar refractivity (Wildman–Crippen MR) is 192 cm³/mol. The number of sulfonamides is 1. The fourth-order valence-electron chi connectivity index (χ4n) is 7.54. The second kappa shape index (κ2) is 16.8. The first-order valence-electron chi connectivity index (χ1n) is 18.1. The Morgan fingerprint density at radius 1 is 1.11 bits per heavy atom. The van der Waals surface area contributed by atoms with Gasteiger partial charge in [0.25, 0.3) is 11.8 Å². The third-order valence-corrected chi connectivity index (χ3v) is 11.9. The van der Waals surface area contributed by atoms with E-state index in [0.29, 0.717) is 5.69 Å². The summed E-state index contributed by atoms with van der Waals surface area (Å²) in [6, 6.07) is 2.25. The first-order valence-corrected chi connectivity index (χ1v) is 19.6. The zero-order valence-electron chi connectivity index (χ0n) is 30.5. The summed E-state index contributed by atoms with van der Waals surface area (Å²) in [5.74, 6) is -1.77. The van der Waals surface area contributed by atoms with Crippen LogP contribution in [-0.4, -0.2) is 107 Å². The van der Waals surface area contributed by atoms with E-state index in [1.54, 1.807) is 13.8 Å². The van der Waals surface area contributed by atoms with Crippen LogP contribution in [0.3, 0.4) is 0 Å². The number of primary amides is 1. The third kappa shape index (κ3) is 9.14. The van der Waals surface area contributed by atoms with Crippen LogP contribution in [0.25, 0.3) is 0 Å². The number of amides is 4. The van der Waals surface area contributed by atoms with Crippen molar-refractivity contribution in [2.45, 2.75) is 106 Å². The van der Waals surface area contributed by atoms with E-state index in [0.717, 1.165) is 32.1 Å². The molecule has 2 aliphatic heterocycles. The first kappa shape index (κ1) is 40.5. The van der Waals surface area contributed by atoms with Crippen molar-refractivity contribution >= 4 is 39.4 Å². The lowest BCUT2D eigenvalue weighted by Gasteiger charge is -2.37. The molecule has 0 bridgehead atoms. The number of carbonyl (C=O) groups is 5. The normalized spacial score (nSPS) is 21.1. The molecule has 2 saturated heterocycles. The van der Waals surface area contributed by atoms with Crippen LogP contribution in [0.4, 0.5) is 0 Å². The van der Waals surface area contributed by atoms with E-state index in [1.807, 2.05) is 0 Å². The van der Waals surface area contributed by atoms with Gasteiger partial charge >= 0.3 is 0 Å². The Kier molecular flexibility index (Phi) is 12.6. The predicted octanol–water partition coefficient (Wildman–Crippen LogP) is 0.0478. The van der Waals surface area contributed by atoms with Crippen LogP contribution in [0, 0.1) is 18.3 Å². The van der Waals surface area contributed by atoms with Gasteiger partial charge in [-0.2, -0.15) is 4.72 Å². The van der Waals surface area contributed by atoms with E-state index in [-0.39, 0.29) is 68.4 Å². The molecule has 6 N–H and O–H groups in total. The molecule has 4 amide bonds. The summed E-state index contributed by atoms with van der Waals surface area (Å²) < 4.78 is 34.2. The molecular weight excluding hydrogens is 721 g/mol. The Morgan fingerprint density at radius 2 is 1.78 bits per heavy atom. The SMILES string of the molecule is C#CCNS(=O)(=O)c1ccc(C(=O)NC(CC2CCCCC2)C(=O)N2C[C@@H](n3nncc3C(C)(C)O)C[C@H]2C(=O)NC2(C(=O)C(N)=O)CCOCC2)cc1. The maximum Gasteiger partial charge on any atom is 0.287 e. The van der Waals surface area contributed by atoms with Crippen molar-refractivity contribution in [1.82, 2.24) is 35.2 Å². The van der Waals surface area contributed by atoms with Gasteiger partial charge in [-0.1, -0.05) is 43.2 Å². The van der Waals surface area contributed by atoms with Crippen molar-refractivity contribution in [1.29, 1.82) is 0 Å². The van der Waals surface area contributed by atoms with E-state index in [1.165, 1.54) is 40.0 Å². The van der Waals surface area contributed by atoms with Gasteiger partial charge < -0.3 is 31.1 Å². The molecule has 1 unspecified atom stereocenters. The molecule has 5 rings (SSSR count). The van der Waals surface area contributed by atoms with Crippen molar-refractivity contribution < 1.29 is 42.2 Å². The highest BCUT2D eigenvalue weighted by molar-refractivity contribution is 7.89. The number of aliphatic hydroxyl groups is 1. The number of hydrogen-bond donors (Lipinski definition) is 5. The number of ketones is 1. The summed E-state index contributed by atoms with van der Waals surface area (Å²) >= 11 is 0. The van der Waals surface area contributed by atoms with Crippen LogP contribution in [0.2, 0.25) is 0 Å². The number of nitrogens with one attached hydrogen (secondary N) is 3. The first-order chi connectivity index (χ1) is 25.6. The number of aromatic nitrogens is 3. The van der Waals surface area contributed by atoms with E-state index in [9.17, 15) is 37.5 Å². The quantitative estimate of drug-likeness (QED) is 0.127. The van der Waals surface area contributed by atoms with Gasteiger partial charge in [-0.25, -0.2) is 13.1 Å². The van der Waals surface area contributed by atoms with Gasteiger partial charge in [0, 0.05) is 44.6 Å². The van der Waals surface area contributed by atoms with E-state index in [2.05, 4.69) is 31.6 Å². The van der Waals surface area contributed by atoms with Crippen LogP contribution in [0.15, 0.2) is 35.4 Å². The molecule has 3 aliphatic rings. The van der Waals surface area contributed by atoms with Gasteiger partial charge in [0.15, 0.2) is 0 Å². The lowest BCUT2D eigenvalue weighted by Crippen LogP contribution is -2.64. The van der Waals surface area contributed by atoms with Crippen LogP contribution in [-0.2, 0) is 39.5 Å². The van der Waals surface area contributed by atoms with Crippen LogP contribution in [0.1, 0.15) is 93.7 Å². The largest absolute Gasteiger partial charge is 0.384 e. The molecule has 17 nitrogen and oxygen atoms in total. The summed E-state index contributed by atoms with van der Waals surface area (Å²) in [6.07, 6.45) is 11.5. The Morgan fingerprint density at radius 3 is 2.39 bits per heavy atom. The molecule has 1 aromatic carbocycles. The lowest BCUT2D eigenvalue weighted by atomic mass is 9.84. The molecule has 3 fully saturated rings.